The zero-order valence-electron chi connectivity index (χ0n) is 12.3. The third-order valence-electron chi connectivity index (χ3n) is 2.96. The van der Waals surface area contributed by atoms with Crippen LogP contribution in [0.3, 0.4) is 0 Å². The first-order chi connectivity index (χ1) is 8.82. The minimum absolute atomic E-state index is 0.0343. The van der Waals surface area contributed by atoms with Gasteiger partial charge in [0.1, 0.15) is 5.75 Å². The van der Waals surface area contributed by atoms with E-state index in [1.807, 2.05) is 31.2 Å². The van der Waals surface area contributed by atoms with E-state index in [0.29, 0.717) is 6.42 Å². The van der Waals surface area contributed by atoms with Crippen LogP contribution >= 0.6 is 0 Å². The summed E-state index contributed by atoms with van der Waals surface area (Å²) >= 11 is 0. The molecule has 1 aromatic rings. The predicted octanol–water partition coefficient (Wildman–Crippen LogP) is 2.78. The monoisotopic (exact) mass is 262 g/mol. The molecule has 0 aliphatic rings. The van der Waals surface area contributed by atoms with Crippen molar-refractivity contribution in [2.75, 3.05) is 7.11 Å². The predicted molar refractivity (Wildman–Crippen MR) is 77.4 cm³/mol. The summed E-state index contributed by atoms with van der Waals surface area (Å²) in [5.74, 6) is 0.666. The van der Waals surface area contributed by atoms with Crippen LogP contribution in [-0.2, 0) is 11.2 Å². The first-order valence-electron chi connectivity index (χ1n) is 6.29. The Balaban J connectivity index is 2.56. The van der Waals surface area contributed by atoms with Crippen molar-refractivity contribution in [2.24, 2.45) is 10.5 Å². The van der Waals surface area contributed by atoms with Crippen molar-refractivity contribution in [1.29, 1.82) is 0 Å². The number of methoxy groups -OCH3 is 1. The lowest BCUT2D eigenvalue weighted by Gasteiger charge is -2.17. The molecule has 0 spiro atoms. The van der Waals surface area contributed by atoms with Crippen LogP contribution in [0.1, 0.15) is 33.3 Å². The maximum atomic E-state index is 11.7. The zero-order chi connectivity index (χ0) is 14.5. The van der Waals surface area contributed by atoms with Gasteiger partial charge >= 0.3 is 0 Å². The summed E-state index contributed by atoms with van der Waals surface area (Å²) < 4.78 is 5.07. The van der Waals surface area contributed by atoms with E-state index in [2.05, 4.69) is 31.3 Å². The quantitative estimate of drug-likeness (QED) is 0.670. The Hall–Kier alpha value is -1.84. The molecule has 1 amide bonds. The molecule has 0 aromatic heterocycles. The Bertz CT molecular complexity index is 456. The fourth-order valence-electron chi connectivity index (χ4n) is 1.28. The first kappa shape index (κ1) is 15.2. The highest BCUT2D eigenvalue weighted by Gasteiger charge is 2.14. The van der Waals surface area contributed by atoms with Gasteiger partial charge in [-0.25, -0.2) is 5.43 Å². The number of rotatable bonds is 4. The zero-order valence-corrected chi connectivity index (χ0v) is 12.3. The molecule has 0 atom stereocenters. The molecule has 4 nitrogen and oxygen atoms in total. The standard InChI is InChI=1S/C15H22N2O2/c1-11(15(2,3)4)16-17-14(18)10-12-6-8-13(19-5)9-7-12/h6-9H,10H2,1-5H3,(H,17,18). The maximum absolute atomic E-state index is 11.7. The summed E-state index contributed by atoms with van der Waals surface area (Å²) in [6, 6.07) is 7.43. The second-order valence-corrected chi connectivity index (χ2v) is 5.51. The molecule has 104 valence electrons. The number of hydrogen-bond donors (Lipinski definition) is 1. The van der Waals surface area contributed by atoms with Crippen molar-refractivity contribution in [1.82, 2.24) is 5.43 Å². The fraction of sp³-hybridized carbons (Fsp3) is 0.467. The number of ether oxygens (including phenoxy) is 1. The Morgan fingerprint density at radius 3 is 2.32 bits per heavy atom. The topological polar surface area (TPSA) is 50.7 Å². The molecule has 1 N–H and O–H groups in total. The summed E-state index contributed by atoms with van der Waals surface area (Å²) in [4.78, 5) is 11.7. The summed E-state index contributed by atoms with van der Waals surface area (Å²) in [5.41, 5.74) is 4.38. The Morgan fingerprint density at radius 1 is 1.26 bits per heavy atom. The molecule has 0 unspecified atom stereocenters. The number of amides is 1. The summed E-state index contributed by atoms with van der Waals surface area (Å²) in [7, 11) is 1.62. The third kappa shape index (κ3) is 5.12. The highest BCUT2D eigenvalue weighted by molar-refractivity contribution is 5.88. The van der Waals surface area contributed by atoms with Crippen molar-refractivity contribution >= 4 is 11.6 Å². The van der Waals surface area contributed by atoms with Crippen LogP contribution in [0.5, 0.6) is 5.75 Å². The van der Waals surface area contributed by atoms with Gasteiger partial charge in [-0.2, -0.15) is 5.10 Å². The van der Waals surface area contributed by atoms with Crippen molar-refractivity contribution in [2.45, 2.75) is 34.1 Å². The molecule has 0 aliphatic heterocycles. The average molecular weight is 262 g/mol. The SMILES string of the molecule is COc1ccc(CC(=O)NN=C(C)C(C)(C)C)cc1. The number of carbonyl (C=O) groups is 1. The Kier molecular flexibility index (Phi) is 5.10. The van der Waals surface area contributed by atoms with E-state index in [4.69, 9.17) is 4.74 Å². The van der Waals surface area contributed by atoms with E-state index in [9.17, 15) is 4.79 Å². The number of nitrogens with zero attached hydrogens (tertiary/aromatic N) is 1. The normalized spacial score (nSPS) is 12.2. The number of hydrogen-bond acceptors (Lipinski definition) is 3. The van der Waals surface area contributed by atoms with E-state index in [1.54, 1.807) is 7.11 Å². The lowest BCUT2D eigenvalue weighted by molar-refractivity contribution is -0.120. The van der Waals surface area contributed by atoms with Crippen molar-refractivity contribution in [3.05, 3.63) is 29.8 Å². The molecular formula is C15H22N2O2. The van der Waals surface area contributed by atoms with E-state index in [1.165, 1.54) is 0 Å². The third-order valence-corrected chi connectivity index (χ3v) is 2.96. The molecule has 19 heavy (non-hydrogen) atoms. The highest BCUT2D eigenvalue weighted by Crippen LogP contribution is 2.15. The number of carbonyl (C=O) groups excluding carboxylic acids is 1. The van der Waals surface area contributed by atoms with Gasteiger partial charge in [-0.3, -0.25) is 4.79 Å². The van der Waals surface area contributed by atoms with Crippen molar-refractivity contribution in [3.8, 4) is 5.75 Å². The molecule has 0 bridgehead atoms. The number of hydrazone groups is 1. The van der Waals surface area contributed by atoms with Gasteiger partial charge in [0.25, 0.3) is 0 Å². The van der Waals surface area contributed by atoms with Crippen LogP contribution in [0.4, 0.5) is 0 Å². The second kappa shape index (κ2) is 6.36. The molecule has 0 saturated carbocycles. The van der Waals surface area contributed by atoms with Gasteiger partial charge in [0, 0.05) is 11.1 Å². The maximum Gasteiger partial charge on any atom is 0.244 e. The van der Waals surface area contributed by atoms with Gasteiger partial charge in [-0.15, -0.1) is 0 Å². The Labute approximate surface area is 114 Å². The van der Waals surface area contributed by atoms with Gasteiger partial charge in [0.2, 0.25) is 5.91 Å². The smallest absolute Gasteiger partial charge is 0.244 e. The molecule has 0 saturated heterocycles. The minimum Gasteiger partial charge on any atom is -0.497 e. The van der Waals surface area contributed by atoms with Gasteiger partial charge < -0.3 is 4.74 Å². The highest BCUT2D eigenvalue weighted by atomic mass is 16.5. The fourth-order valence-corrected chi connectivity index (χ4v) is 1.28. The second-order valence-electron chi connectivity index (χ2n) is 5.51. The van der Waals surface area contributed by atoms with Crippen LogP contribution < -0.4 is 10.2 Å². The van der Waals surface area contributed by atoms with Crippen molar-refractivity contribution in [3.63, 3.8) is 0 Å². The summed E-state index contributed by atoms with van der Waals surface area (Å²) in [6.07, 6.45) is 0.310. The Morgan fingerprint density at radius 2 is 1.84 bits per heavy atom. The van der Waals surface area contributed by atoms with Crippen LogP contribution in [0, 0.1) is 5.41 Å². The van der Waals surface area contributed by atoms with Crippen molar-refractivity contribution < 1.29 is 9.53 Å². The van der Waals surface area contributed by atoms with E-state index in [-0.39, 0.29) is 11.3 Å². The molecule has 1 aromatic carbocycles. The molecule has 0 radical (unpaired) electrons. The molecular weight excluding hydrogens is 240 g/mol. The number of benzene rings is 1. The summed E-state index contributed by atoms with van der Waals surface area (Å²) in [6.45, 7) is 8.08. The number of nitrogens with one attached hydrogen (secondary N) is 1. The molecule has 0 heterocycles. The van der Waals surface area contributed by atoms with E-state index < -0.39 is 0 Å². The minimum atomic E-state index is -0.117. The summed E-state index contributed by atoms with van der Waals surface area (Å²) in [5, 5.41) is 4.12. The first-order valence-corrected chi connectivity index (χ1v) is 6.29. The van der Waals surface area contributed by atoms with Gasteiger partial charge in [0.05, 0.1) is 13.5 Å². The largest absolute Gasteiger partial charge is 0.497 e. The van der Waals surface area contributed by atoms with Crippen LogP contribution in [0.25, 0.3) is 0 Å². The van der Waals surface area contributed by atoms with Crippen LogP contribution in [0.2, 0.25) is 0 Å². The lowest BCUT2D eigenvalue weighted by atomic mass is 9.91. The van der Waals surface area contributed by atoms with E-state index in [0.717, 1.165) is 17.0 Å². The lowest BCUT2D eigenvalue weighted by Crippen LogP contribution is -2.25. The van der Waals surface area contributed by atoms with E-state index >= 15 is 0 Å². The average Bonchev–Trinajstić information content (AvgIpc) is 2.35. The van der Waals surface area contributed by atoms with Crippen LogP contribution in [-0.4, -0.2) is 18.7 Å². The van der Waals surface area contributed by atoms with Gasteiger partial charge in [0.15, 0.2) is 0 Å². The van der Waals surface area contributed by atoms with Crippen LogP contribution in [0.15, 0.2) is 29.4 Å². The molecule has 1 rings (SSSR count). The van der Waals surface area contributed by atoms with Gasteiger partial charge in [-0.05, 0) is 24.6 Å². The van der Waals surface area contributed by atoms with Gasteiger partial charge in [-0.1, -0.05) is 32.9 Å². The molecule has 0 fully saturated rings. The molecule has 0 aliphatic carbocycles. The molecule has 4 heteroatoms.